The van der Waals surface area contributed by atoms with Crippen LogP contribution in [0.25, 0.3) is 0 Å². The van der Waals surface area contributed by atoms with E-state index in [-0.39, 0.29) is 36.3 Å². The highest BCUT2D eigenvalue weighted by Crippen LogP contribution is 2.57. The lowest BCUT2D eigenvalue weighted by Crippen LogP contribution is -2.53. The first-order chi connectivity index (χ1) is 15.2. The molecule has 0 radical (unpaired) electrons. The molecule has 0 amide bonds. The van der Waals surface area contributed by atoms with Crippen LogP contribution in [0.4, 0.5) is 0 Å². The monoisotopic (exact) mass is 424 g/mol. The standard InChI is InChI=1S/C25H28O6/c1-27-24(26)19-12-25(19)13-20-23(31-25)22(30-15-18-10-6-3-7-11-18)21(16-29-20)28-14-17-8-4-2-5-9-17/h2-11,19-23H,12-16H2,1H3/t19?,20-,21+,22-,23-,25?/m0/s1. The number of carbonyl (C=O) groups excluding carboxylic acids is 1. The van der Waals surface area contributed by atoms with E-state index in [4.69, 9.17) is 23.7 Å². The number of fused-ring (bicyclic) bond motifs is 1. The maximum Gasteiger partial charge on any atom is 0.311 e. The van der Waals surface area contributed by atoms with Gasteiger partial charge in [0.05, 0.1) is 44.6 Å². The van der Waals surface area contributed by atoms with E-state index in [0.29, 0.717) is 32.7 Å². The van der Waals surface area contributed by atoms with Crippen molar-refractivity contribution in [1.29, 1.82) is 0 Å². The van der Waals surface area contributed by atoms with E-state index in [1.54, 1.807) is 0 Å². The normalized spacial score (nSPS) is 33.8. The zero-order valence-electron chi connectivity index (χ0n) is 17.6. The van der Waals surface area contributed by atoms with Crippen LogP contribution < -0.4 is 0 Å². The molecule has 5 rings (SSSR count). The van der Waals surface area contributed by atoms with Crippen molar-refractivity contribution in [3.63, 3.8) is 0 Å². The summed E-state index contributed by atoms with van der Waals surface area (Å²) in [5.74, 6) is -0.428. The summed E-state index contributed by atoms with van der Waals surface area (Å²) in [5.41, 5.74) is 1.72. The Kier molecular flexibility index (Phi) is 5.80. The van der Waals surface area contributed by atoms with Gasteiger partial charge in [0.15, 0.2) is 0 Å². The molecule has 6 nitrogen and oxygen atoms in total. The molecule has 1 saturated carbocycles. The number of methoxy groups -OCH3 is 1. The first-order valence-corrected chi connectivity index (χ1v) is 10.9. The molecule has 6 heteroatoms. The number of hydrogen-bond donors (Lipinski definition) is 0. The van der Waals surface area contributed by atoms with Crippen molar-refractivity contribution in [2.75, 3.05) is 13.7 Å². The van der Waals surface area contributed by atoms with Crippen LogP contribution in [0.5, 0.6) is 0 Å². The number of carbonyl (C=O) groups is 1. The van der Waals surface area contributed by atoms with Crippen LogP contribution in [0, 0.1) is 5.92 Å². The topological polar surface area (TPSA) is 63.2 Å². The van der Waals surface area contributed by atoms with E-state index < -0.39 is 5.60 Å². The van der Waals surface area contributed by atoms with Crippen LogP contribution in [0.3, 0.4) is 0 Å². The molecule has 2 aromatic carbocycles. The molecule has 0 bridgehead atoms. The quantitative estimate of drug-likeness (QED) is 0.636. The van der Waals surface area contributed by atoms with E-state index in [1.165, 1.54) is 7.11 Å². The van der Waals surface area contributed by atoms with Crippen molar-refractivity contribution in [2.24, 2.45) is 5.92 Å². The average Bonchev–Trinajstić information content (AvgIpc) is 3.38. The molecule has 2 saturated heterocycles. The van der Waals surface area contributed by atoms with Gasteiger partial charge >= 0.3 is 5.97 Å². The fourth-order valence-electron chi connectivity index (χ4n) is 4.78. The molecule has 164 valence electrons. The molecule has 31 heavy (non-hydrogen) atoms. The zero-order chi connectivity index (χ0) is 21.3. The molecular weight excluding hydrogens is 396 g/mol. The largest absolute Gasteiger partial charge is 0.469 e. The first-order valence-electron chi connectivity index (χ1n) is 10.9. The smallest absolute Gasteiger partial charge is 0.311 e. The Morgan fingerprint density at radius 1 is 0.968 bits per heavy atom. The second kappa shape index (κ2) is 8.71. The van der Waals surface area contributed by atoms with Gasteiger partial charge in [-0.15, -0.1) is 0 Å². The average molecular weight is 424 g/mol. The van der Waals surface area contributed by atoms with Crippen molar-refractivity contribution in [3.05, 3.63) is 71.8 Å². The predicted octanol–water partition coefficient (Wildman–Crippen LogP) is 3.28. The van der Waals surface area contributed by atoms with Gasteiger partial charge in [0.2, 0.25) is 0 Å². The fourth-order valence-corrected chi connectivity index (χ4v) is 4.78. The number of rotatable bonds is 7. The minimum absolute atomic E-state index is 0.105. The first kappa shape index (κ1) is 20.6. The summed E-state index contributed by atoms with van der Waals surface area (Å²) in [7, 11) is 1.42. The summed E-state index contributed by atoms with van der Waals surface area (Å²) in [6, 6.07) is 20.1. The summed E-state index contributed by atoms with van der Waals surface area (Å²) in [6.45, 7) is 1.39. The third-order valence-corrected chi connectivity index (χ3v) is 6.55. The second-order valence-corrected chi connectivity index (χ2v) is 8.60. The minimum Gasteiger partial charge on any atom is -0.469 e. The van der Waals surface area contributed by atoms with Gasteiger partial charge in [0.25, 0.3) is 0 Å². The van der Waals surface area contributed by atoms with Crippen LogP contribution >= 0.6 is 0 Å². The molecule has 2 aromatic rings. The third-order valence-electron chi connectivity index (χ3n) is 6.55. The molecule has 1 aliphatic carbocycles. The summed E-state index contributed by atoms with van der Waals surface area (Å²) >= 11 is 0. The Hall–Kier alpha value is -2.25. The van der Waals surface area contributed by atoms with Gasteiger partial charge in [-0.05, 0) is 17.5 Å². The molecule has 6 atom stereocenters. The van der Waals surface area contributed by atoms with E-state index in [9.17, 15) is 4.79 Å². The van der Waals surface area contributed by atoms with E-state index in [0.717, 1.165) is 11.1 Å². The molecule has 0 aromatic heterocycles. The van der Waals surface area contributed by atoms with Crippen LogP contribution in [0.1, 0.15) is 24.0 Å². The molecule has 2 heterocycles. The van der Waals surface area contributed by atoms with Gasteiger partial charge in [0, 0.05) is 6.42 Å². The second-order valence-electron chi connectivity index (χ2n) is 8.60. The number of hydrogen-bond acceptors (Lipinski definition) is 6. The van der Waals surface area contributed by atoms with Crippen LogP contribution in [-0.2, 0) is 41.7 Å². The highest BCUT2D eigenvalue weighted by molar-refractivity contribution is 5.77. The van der Waals surface area contributed by atoms with Crippen LogP contribution in [0.15, 0.2) is 60.7 Å². The Bertz CT molecular complexity index is 887. The lowest BCUT2D eigenvalue weighted by molar-refractivity contribution is -0.217. The lowest BCUT2D eigenvalue weighted by Gasteiger charge is -2.38. The van der Waals surface area contributed by atoms with Gasteiger partial charge in [-0.2, -0.15) is 0 Å². The van der Waals surface area contributed by atoms with Crippen molar-refractivity contribution in [2.45, 2.75) is 56.1 Å². The van der Waals surface area contributed by atoms with E-state index in [1.807, 2.05) is 60.7 Å². The molecule has 0 N–H and O–H groups in total. The third kappa shape index (κ3) is 4.26. The maximum absolute atomic E-state index is 12.1. The van der Waals surface area contributed by atoms with Gasteiger partial charge in [-0.3, -0.25) is 4.79 Å². The Morgan fingerprint density at radius 2 is 1.61 bits per heavy atom. The lowest BCUT2D eigenvalue weighted by atomic mass is 9.98. The summed E-state index contributed by atoms with van der Waals surface area (Å²) in [4.78, 5) is 12.1. The minimum atomic E-state index is -0.481. The van der Waals surface area contributed by atoms with Crippen molar-refractivity contribution < 1.29 is 28.5 Å². The van der Waals surface area contributed by atoms with Crippen LogP contribution in [0.2, 0.25) is 0 Å². The Labute approximate surface area is 182 Å². The van der Waals surface area contributed by atoms with Crippen molar-refractivity contribution in [3.8, 4) is 0 Å². The highest BCUT2D eigenvalue weighted by atomic mass is 16.6. The van der Waals surface area contributed by atoms with Crippen LogP contribution in [-0.4, -0.2) is 49.7 Å². The molecule has 2 aliphatic heterocycles. The summed E-state index contributed by atoms with van der Waals surface area (Å²) in [6.07, 6.45) is 0.460. The van der Waals surface area contributed by atoms with Gasteiger partial charge in [0.1, 0.15) is 18.3 Å². The van der Waals surface area contributed by atoms with E-state index in [2.05, 4.69) is 0 Å². The molecule has 3 aliphatic rings. The molecular formula is C25H28O6. The Balaban J connectivity index is 1.30. The van der Waals surface area contributed by atoms with Gasteiger partial charge in [-0.25, -0.2) is 0 Å². The van der Waals surface area contributed by atoms with Crippen molar-refractivity contribution in [1.82, 2.24) is 0 Å². The van der Waals surface area contributed by atoms with Crippen molar-refractivity contribution >= 4 is 5.97 Å². The highest BCUT2D eigenvalue weighted by Gasteiger charge is 2.68. The fraction of sp³-hybridized carbons (Fsp3) is 0.480. The summed E-state index contributed by atoms with van der Waals surface area (Å²) in [5, 5.41) is 0. The van der Waals surface area contributed by atoms with Gasteiger partial charge < -0.3 is 23.7 Å². The predicted molar refractivity (Wildman–Crippen MR) is 112 cm³/mol. The molecule has 2 unspecified atom stereocenters. The molecule has 3 fully saturated rings. The molecule has 1 spiro atoms. The number of esters is 1. The number of benzene rings is 2. The zero-order valence-corrected chi connectivity index (χ0v) is 17.6. The Morgan fingerprint density at radius 3 is 2.26 bits per heavy atom. The number of ether oxygens (including phenoxy) is 5. The summed E-state index contributed by atoms with van der Waals surface area (Å²) < 4.78 is 30.2. The van der Waals surface area contributed by atoms with Gasteiger partial charge in [-0.1, -0.05) is 60.7 Å². The maximum atomic E-state index is 12.1. The SMILES string of the molecule is COC(=O)C1CC12C[C@@H]1OC[C@@H](OCc3ccccc3)[C@H](OCc3ccccc3)[C@H]1O2. The van der Waals surface area contributed by atoms with E-state index >= 15 is 0 Å².